The minimum absolute atomic E-state index is 0.158. The van der Waals surface area contributed by atoms with E-state index < -0.39 is 11.6 Å². The Kier molecular flexibility index (Phi) is 10.3. The van der Waals surface area contributed by atoms with E-state index in [1.54, 1.807) is 0 Å². The third-order valence-electron chi connectivity index (χ3n) is 4.91. The summed E-state index contributed by atoms with van der Waals surface area (Å²) in [6, 6.07) is 4.55. The van der Waals surface area contributed by atoms with Crippen molar-refractivity contribution in [1.29, 1.82) is 0 Å². The first-order valence-electron chi connectivity index (χ1n) is 9.44. The molecule has 1 aromatic carbocycles. The van der Waals surface area contributed by atoms with Gasteiger partial charge in [-0.15, -0.1) is 23.5 Å². The number of rotatable bonds is 5. The molecule has 26 heavy (non-hydrogen) atoms. The van der Waals surface area contributed by atoms with Gasteiger partial charge in [0.1, 0.15) is 11.6 Å². The van der Waals surface area contributed by atoms with E-state index in [2.05, 4.69) is 6.92 Å². The zero-order valence-corrected chi connectivity index (χ0v) is 17.0. The van der Waals surface area contributed by atoms with Gasteiger partial charge in [-0.2, -0.15) is 0 Å². The summed E-state index contributed by atoms with van der Waals surface area (Å²) in [4.78, 5) is 0. The van der Waals surface area contributed by atoms with E-state index in [9.17, 15) is 13.2 Å². The van der Waals surface area contributed by atoms with E-state index in [-0.39, 0.29) is 6.67 Å². The Hall–Kier alpha value is -0.330. The van der Waals surface area contributed by atoms with Crippen molar-refractivity contribution in [3.63, 3.8) is 0 Å². The molecule has 0 bridgehead atoms. The first-order valence-corrected chi connectivity index (χ1v) is 11.5. The summed E-state index contributed by atoms with van der Waals surface area (Å²) in [6.45, 7) is 2.79. The summed E-state index contributed by atoms with van der Waals surface area (Å²) in [6.07, 6.45) is 6.43. The highest BCUT2D eigenvalue weighted by molar-refractivity contribution is 8.17. The summed E-state index contributed by atoms with van der Waals surface area (Å²) >= 11 is 3.98. The smallest absolute Gasteiger partial charge is 0.126 e. The number of halogens is 3. The van der Waals surface area contributed by atoms with Gasteiger partial charge < -0.3 is 4.74 Å². The molecule has 1 saturated heterocycles. The zero-order valence-electron chi connectivity index (χ0n) is 15.3. The van der Waals surface area contributed by atoms with Crippen LogP contribution in [0.5, 0.6) is 0 Å². The van der Waals surface area contributed by atoms with E-state index in [4.69, 9.17) is 4.74 Å². The van der Waals surface area contributed by atoms with Crippen molar-refractivity contribution in [2.75, 3.05) is 24.8 Å². The second-order valence-corrected chi connectivity index (χ2v) is 9.54. The fourth-order valence-electron chi connectivity index (χ4n) is 3.51. The number of hydrogen-bond donors (Lipinski definition) is 0. The number of ether oxygens (including phenoxy) is 1. The maximum absolute atomic E-state index is 12.3. The van der Waals surface area contributed by atoms with Crippen LogP contribution in [0.1, 0.15) is 39.0 Å². The molecule has 0 atom stereocenters. The molecule has 1 saturated carbocycles. The lowest BCUT2D eigenvalue weighted by Crippen LogP contribution is -2.31. The van der Waals surface area contributed by atoms with E-state index in [1.165, 1.54) is 55.4 Å². The predicted octanol–water partition coefficient (Wildman–Crippen LogP) is 6.33. The van der Waals surface area contributed by atoms with Crippen molar-refractivity contribution in [2.24, 2.45) is 11.8 Å². The third kappa shape index (κ3) is 7.73. The van der Waals surface area contributed by atoms with Crippen molar-refractivity contribution in [2.45, 2.75) is 49.7 Å². The highest BCUT2D eigenvalue weighted by atomic mass is 32.2. The minimum Gasteiger partial charge on any atom is -0.379 e. The van der Waals surface area contributed by atoms with Gasteiger partial charge in [-0.25, -0.2) is 8.78 Å². The second kappa shape index (κ2) is 12.2. The van der Waals surface area contributed by atoms with Gasteiger partial charge in [-0.05, 0) is 74.5 Å². The van der Waals surface area contributed by atoms with E-state index in [0.717, 1.165) is 30.9 Å². The molecule has 0 aromatic heterocycles. The lowest BCUT2D eigenvalue weighted by molar-refractivity contribution is 0.0208. The van der Waals surface area contributed by atoms with Crippen LogP contribution >= 0.6 is 23.5 Å². The van der Waals surface area contributed by atoms with Gasteiger partial charge in [-0.3, -0.25) is 4.39 Å². The van der Waals surface area contributed by atoms with Crippen LogP contribution in [0.2, 0.25) is 0 Å². The SMILES string of the molecule is CCOC1CCC(C2CSC(CCF)SC2)CC1.Fc1cccc(F)c1. The third-order valence-corrected chi connectivity index (χ3v) is 8.18. The molecular formula is C20H29F3OS2. The standard InChI is InChI=1S/C14H25FOS2.C6H4F2/c1-2-16-13-5-3-11(4-6-13)12-9-17-14(7-8-15)18-10-12;7-5-2-1-3-6(8)4-5/h11-14H,2-10H2,1H3;1-4H. The van der Waals surface area contributed by atoms with E-state index >= 15 is 0 Å². The van der Waals surface area contributed by atoms with Gasteiger partial charge >= 0.3 is 0 Å². The molecule has 1 aromatic rings. The first-order chi connectivity index (χ1) is 12.6. The maximum atomic E-state index is 12.3. The highest BCUT2D eigenvalue weighted by Gasteiger charge is 2.31. The van der Waals surface area contributed by atoms with Crippen LogP contribution in [0.3, 0.4) is 0 Å². The number of hydrogen-bond acceptors (Lipinski definition) is 3. The quantitative estimate of drug-likeness (QED) is 0.565. The molecule has 0 unspecified atom stereocenters. The van der Waals surface area contributed by atoms with Crippen LogP contribution in [0, 0.1) is 23.5 Å². The summed E-state index contributed by atoms with van der Waals surface area (Å²) < 4.78 is 42.4. The van der Waals surface area contributed by atoms with Gasteiger partial charge in [0.2, 0.25) is 0 Å². The summed E-state index contributed by atoms with van der Waals surface area (Å²) in [5.74, 6) is 3.19. The molecule has 0 radical (unpaired) electrons. The van der Waals surface area contributed by atoms with Crippen LogP contribution in [-0.4, -0.2) is 35.5 Å². The van der Waals surface area contributed by atoms with Gasteiger partial charge in [0.15, 0.2) is 0 Å². The molecule has 2 aliphatic rings. The molecule has 2 fully saturated rings. The largest absolute Gasteiger partial charge is 0.379 e. The molecule has 1 nitrogen and oxygen atoms in total. The van der Waals surface area contributed by atoms with Gasteiger partial charge in [-0.1, -0.05) is 6.07 Å². The van der Waals surface area contributed by atoms with Crippen molar-refractivity contribution in [1.82, 2.24) is 0 Å². The topological polar surface area (TPSA) is 9.23 Å². The Balaban J connectivity index is 0.000000254. The van der Waals surface area contributed by atoms with Gasteiger partial charge in [0.25, 0.3) is 0 Å². The molecule has 3 rings (SSSR count). The Morgan fingerprint density at radius 2 is 1.62 bits per heavy atom. The lowest BCUT2D eigenvalue weighted by Gasteiger charge is -2.37. The zero-order chi connectivity index (χ0) is 18.8. The monoisotopic (exact) mass is 406 g/mol. The normalized spacial score (nSPS) is 28.9. The summed E-state index contributed by atoms with van der Waals surface area (Å²) in [7, 11) is 0. The fourth-order valence-corrected chi connectivity index (χ4v) is 6.73. The predicted molar refractivity (Wildman–Crippen MR) is 107 cm³/mol. The fraction of sp³-hybridized carbons (Fsp3) is 0.700. The summed E-state index contributed by atoms with van der Waals surface area (Å²) in [5.41, 5.74) is 0. The Bertz CT molecular complexity index is 460. The Morgan fingerprint density at radius 3 is 2.08 bits per heavy atom. The van der Waals surface area contributed by atoms with Crippen molar-refractivity contribution < 1.29 is 17.9 Å². The highest BCUT2D eigenvalue weighted by Crippen LogP contribution is 2.42. The lowest BCUT2D eigenvalue weighted by atomic mass is 9.80. The number of alkyl halides is 1. The Labute approximate surface area is 163 Å². The summed E-state index contributed by atoms with van der Waals surface area (Å²) in [5, 5.41) is 0. The van der Waals surface area contributed by atoms with Crippen LogP contribution < -0.4 is 0 Å². The van der Waals surface area contributed by atoms with Crippen LogP contribution in [0.4, 0.5) is 13.2 Å². The molecule has 0 amide bonds. The average Bonchev–Trinajstić information content (AvgIpc) is 2.64. The molecule has 1 aliphatic heterocycles. The molecule has 1 heterocycles. The molecule has 1 aliphatic carbocycles. The van der Waals surface area contributed by atoms with Crippen molar-refractivity contribution in [3.05, 3.63) is 35.9 Å². The van der Waals surface area contributed by atoms with Crippen LogP contribution in [0.25, 0.3) is 0 Å². The van der Waals surface area contributed by atoms with E-state index in [1.807, 2.05) is 23.5 Å². The minimum atomic E-state index is -0.537. The van der Waals surface area contributed by atoms with Gasteiger partial charge in [0, 0.05) is 12.7 Å². The molecule has 6 heteroatoms. The van der Waals surface area contributed by atoms with Crippen LogP contribution in [-0.2, 0) is 4.74 Å². The molecule has 0 N–H and O–H groups in total. The number of benzene rings is 1. The number of thioether (sulfide) groups is 2. The van der Waals surface area contributed by atoms with Crippen molar-refractivity contribution in [3.8, 4) is 0 Å². The van der Waals surface area contributed by atoms with Gasteiger partial charge in [0.05, 0.1) is 17.4 Å². The maximum Gasteiger partial charge on any atom is 0.126 e. The first kappa shape index (κ1) is 22.0. The van der Waals surface area contributed by atoms with Crippen LogP contribution in [0.15, 0.2) is 24.3 Å². The molecule has 148 valence electrons. The van der Waals surface area contributed by atoms with E-state index in [0.29, 0.717) is 10.7 Å². The average molecular weight is 407 g/mol. The Morgan fingerprint density at radius 1 is 1.00 bits per heavy atom. The molecule has 0 spiro atoms. The molecular weight excluding hydrogens is 377 g/mol. The van der Waals surface area contributed by atoms with Crippen molar-refractivity contribution >= 4 is 23.5 Å². The second-order valence-electron chi connectivity index (χ2n) is 6.77.